The van der Waals surface area contributed by atoms with Crippen molar-refractivity contribution < 1.29 is 9.84 Å². The van der Waals surface area contributed by atoms with Gasteiger partial charge in [0.05, 0.1) is 12.2 Å². The van der Waals surface area contributed by atoms with Crippen molar-refractivity contribution in [3.8, 4) is 0 Å². The van der Waals surface area contributed by atoms with Gasteiger partial charge < -0.3 is 9.84 Å². The predicted octanol–water partition coefficient (Wildman–Crippen LogP) is 2.84. The lowest BCUT2D eigenvalue weighted by atomic mass is 9.82. The number of aliphatic hydroxyl groups excluding tert-OH is 1. The van der Waals surface area contributed by atoms with Crippen molar-refractivity contribution in [3.05, 3.63) is 0 Å². The molecule has 0 amide bonds. The highest BCUT2D eigenvalue weighted by molar-refractivity contribution is 4.81. The first-order valence-corrected chi connectivity index (χ1v) is 5.53. The molecule has 0 spiro atoms. The van der Waals surface area contributed by atoms with Crippen LogP contribution < -0.4 is 0 Å². The zero-order valence-electron chi connectivity index (χ0n) is 10.5. The molecule has 0 radical (unpaired) electrons. The first-order valence-electron chi connectivity index (χ1n) is 5.53. The summed E-state index contributed by atoms with van der Waals surface area (Å²) in [6.45, 7) is 10.6. The molecule has 2 nitrogen and oxygen atoms in total. The molecule has 0 rings (SSSR count). The van der Waals surface area contributed by atoms with Gasteiger partial charge in [-0.2, -0.15) is 0 Å². The monoisotopic (exact) mass is 202 g/mol. The van der Waals surface area contributed by atoms with Crippen molar-refractivity contribution in [2.75, 3.05) is 7.11 Å². The Hall–Kier alpha value is -0.0800. The summed E-state index contributed by atoms with van der Waals surface area (Å²) in [5.41, 5.74) is 0.00162. The summed E-state index contributed by atoms with van der Waals surface area (Å²) in [4.78, 5) is 0. The largest absolute Gasteiger partial charge is 0.390 e. The molecule has 3 unspecified atom stereocenters. The van der Waals surface area contributed by atoms with Crippen molar-refractivity contribution in [1.82, 2.24) is 0 Å². The van der Waals surface area contributed by atoms with Crippen molar-refractivity contribution >= 4 is 0 Å². The number of rotatable bonds is 5. The Labute approximate surface area is 88.7 Å². The van der Waals surface area contributed by atoms with E-state index in [1.807, 2.05) is 0 Å². The van der Waals surface area contributed by atoms with Crippen LogP contribution >= 0.6 is 0 Å². The van der Waals surface area contributed by atoms with Crippen LogP contribution in [-0.4, -0.2) is 24.4 Å². The highest BCUT2D eigenvalue weighted by Crippen LogP contribution is 2.27. The lowest BCUT2D eigenvalue weighted by molar-refractivity contribution is -0.0777. The van der Waals surface area contributed by atoms with Crippen LogP contribution in [0.4, 0.5) is 0 Å². The summed E-state index contributed by atoms with van der Waals surface area (Å²) >= 11 is 0. The minimum Gasteiger partial charge on any atom is -0.390 e. The van der Waals surface area contributed by atoms with Gasteiger partial charge in [-0.3, -0.25) is 0 Å². The van der Waals surface area contributed by atoms with Crippen LogP contribution in [0.5, 0.6) is 0 Å². The Morgan fingerprint density at radius 2 is 1.79 bits per heavy atom. The molecule has 0 aliphatic rings. The summed E-state index contributed by atoms with van der Waals surface area (Å²) in [5, 5.41) is 10.0. The summed E-state index contributed by atoms with van der Waals surface area (Å²) < 4.78 is 5.37. The molecular formula is C12H26O2. The number of ether oxygens (including phenoxy) is 1. The number of hydrogen-bond acceptors (Lipinski definition) is 2. The van der Waals surface area contributed by atoms with Crippen LogP contribution in [0.1, 0.15) is 47.5 Å². The van der Waals surface area contributed by atoms with Gasteiger partial charge in [-0.25, -0.2) is 0 Å². The minimum atomic E-state index is -0.352. The van der Waals surface area contributed by atoms with Crippen molar-refractivity contribution in [2.24, 2.45) is 11.3 Å². The van der Waals surface area contributed by atoms with E-state index in [9.17, 15) is 5.11 Å². The highest BCUT2D eigenvalue weighted by Gasteiger charge is 2.31. The molecule has 0 aromatic rings. The molecule has 0 heterocycles. The standard InChI is InChI=1S/C12H26O2/c1-7-9(2)8-10(13)11(14-6)12(3,4)5/h9-11,13H,7-8H2,1-6H3. The Kier molecular flexibility index (Phi) is 5.68. The molecule has 0 aliphatic carbocycles. The Morgan fingerprint density at radius 1 is 1.29 bits per heavy atom. The Morgan fingerprint density at radius 3 is 2.07 bits per heavy atom. The molecule has 0 fully saturated rings. The van der Waals surface area contributed by atoms with E-state index in [2.05, 4.69) is 34.6 Å². The van der Waals surface area contributed by atoms with Crippen LogP contribution in [0.25, 0.3) is 0 Å². The zero-order valence-corrected chi connectivity index (χ0v) is 10.5. The van der Waals surface area contributed by atoms with E-state index in [-0.39, 0.29) is 17.6 Å². The maximum absolute atomic E-state index is 10.0. The SMILES string of the molecule is CCC(C)CC(O)C(OC)C(C)(C)C. The van der Waals surface area contributed by atoms with E-state index in [0.717, 1.165) is 12.8 Å². The third-order valence-electron chi connectivity index (χ3n) is 2.80. The molecule has 0 bridgehead atoms. The van der Waals surface area contributed by atoms with Crippen molar-refractivity contribution in [3.63, 3.8) is 0 Å². The molecular weight excluding hydrogens is 176 g/mol. The minimum absolute atomic E-state index is 0.00162. The molecule has 14 heavy (non-hydrogen) atoms. The van der Waals surface area contributed by atoms with Crippen LogP contribution in [0.3, 0.4) is 0 Å². The van der Waals surface area contributed by atoms with Crippen LogP contribution in [-0.2, 0) is 4.74 Å². The maximum Gasteiger partial charge on any atom is 0.0878 e. The van der Waals surface area contributed by atoms with Gasteiger partial charge in [-0.15, -0.1) is 0 Å². The normalized spacial score (nSPS) is 19.1. The van der Waals surface area contributed by atoms with Gasteiger partial charge in [0.25, 0.3) is 0 Å². The molecule has 0 saturated heterocycles. The second kappa shape index (κ2) is 5.72. The second-order valence-electron chi connectivity index (χ2n) is 5.34. The van der Waals surface area contributed by atoms with Gasteiger partial charge in [0, 0.05) is 7.11 Å². The van der Waals surface area contributed by atoms with E-state index < -0.39 is 0 Å². The van der Waals surface area contributed by atoms with Crippen molar-refractivity contribution in [1.29, 1.82) is 0 Å². The lowest BCUT2D eigenvalue weighted by Gasteiger charge is -2.34. The summed E-state index contributed by atoms with van der Waals surface area (Å²) in [6.07, 6.45) is 1.51. The quantitative estimate of drug-likeness (QED) is 0.743. The summed E-state index contributed by atoms with van der Waals surface area (Å²) in [7, 11) is 1.68. The molecule has 0 aliphatic heterocycles. The van der Waals surface area contributed by atoms with Crippen molar-refractivity contribution in [2.45, 2.75) is 59.7 Å². The molecule has 2 heteroatoms. The second-order valence-corrected chi connectivity index (χ2v) is 5.34. The lowest BCUT2D eigenvalue weighted by Crippen LogP contribution is -2.40. The average Bonchev–Trinajstić information content (AvgIpc) is 2.02. The predicted molar refractivity (Wildman–Crippen MR) is 60.3 cm³/mol. The van der Waals surface area contributed by atoms with E-state index in [1.54, 1.807) is 7.11 Å². The summed E-state index contributed by atoms with van der Waals surface area (Å²) in [6, 6.07) is 0. The molecule has 0 saturated carbocycles. The fraction of sp³-hybridized carbons (Fsp3) is 1.00. The Balaban J connectivity index is 4.25. The third-order valence-corrected chi connectivity index (χ3v) is 2.80. The topological polar surface area (TPSA) is 29.5 Å². The van der Waals surface area contributed by atoms with Gasteiger partial charge in [0.2, 0.25) is 0 Å². The number of hydrogen-bond donors (Lipinski definition) is 1. The zero-order chi connectivity index (χ0) is 11.4. The average molecular weight is 202 g/mol. The van der Waals surface area contributed by atoms with Gasteiger partial charge >= 0.3 is 0 Å². The van der Waals surface area contributed by atoms with E-state index in [4.69, 9.17) is 4.74 Å². The van der Waals surface area contributed by atoms with Crippen LogP contribution in [0.15, 0.2) is 0 Å². The van der Waals surface area contributed by atoms with Gasteiger partial charge in [0.15, 0.2) is 0 Å². The highest BCUT2D eigenvalue weighted by atomic mass is 16.5. The van der Waals surface area contributed by atoms with Crippen LogP contribution in [0.2, 0.25) is 0 Å². The fourth-order valence-corrected chi connectivity index (χ4v) is 1.79. The number of methoxy groups -OCH3 is 1. The third kappa shape index (κ3) is 4.43. The van der Waals surface area contributed by atoms with E-state index in [0.29, 0.717) is 5.92 Å². The summed E-state index contributed by atoms with van der Waals surface area (Å²) in [5.74, 6) is 0.560. The van der Waals surface area contributed by atoms with E-state index >= 15 is 0 Å². The van der Waals surface area contributed by atoms with Crippen LogP contribution in [0, 0.1) is 11.3 Å². The maximum atomic E-state index is 10.0. The fourth-order valence-electron chi connectivity index (χ4n) is 1.79. The van der Waals surface area contributed by atoms with E-state index in [1.165, 1.54) is 0 Å². The van der Waals surface area contributed by atoms with Gasteiger partial charge in [-0.05, 0) is 17.8 Å². The molecule has 0 aromatic heterocycles. The van der Waals surface area contributed by atoms with Gasteiger partial charge in [0.1, 0.15) is 0 Å². The first-order chi connectivity index (χ1) is 6.32. The molecule has 0 aromatic carbocycles. The first kappa shape index (κ1) is 13.9. The molecule has 86 valence electrons. The molecule has 3 atom stereocenters. The Bertz CT molecular complexity index is 149. The molecule has 1 N–H and O–H groups in total. The smallest absolute Gasteiger partial charge is 0.0878 e. The van der Waals surface area contributed by atoms with Gasteiger partial charge in [-0.1, -0.05) is 41.0 Å². The number of aliphatic hydroxyl groups is 1.